The number of halogens is 4. The molecule has 3 aromatic rings. The number of hydrogen-bond acceptors (Lipinski definition) is 3. The number of ether oxygens (including phenoxy) is 1. The molecule has 0 unspecified atom stereocenters. The highest BCUT2D eigenvalue weighted by atomic mass is 35.5. The minimum Gasteiger partial charge on any atom is -0.465 e. The number of esters is 1. The molecule has 0 N–H and O–H groups in total. The van der Waals surface area contributed by atoms with Crippen LogP contribution < -0.4 is 4.90 Å². The SMILES string of the molecule is COC(=O)C1=C(C)N(c2cc(Cl)cc(Cl)c2)C(=O)/C1=C\c1cc(C)n(-c2cc(Cl)cc(Cl)c2)c1C. The van der Waals surface area contributed by atoms with Gasteiger partial charge in [0.05, 0.1) is 23.9 Å². The first-order chi connectivity index (χ1) is 16.5. The van der Waals surface area contributed by atoms with Gasteiger partial charge in [0, 0.05) is 42.9 Å². The molecule has 35 heavy (non-hydrogen) atoms. The highest BCUT2D eigenvalue weighted by Crippen LogP contribution is 2.38. The van der Waals surface area contributed by atoms with Crippen molar-refractivity contribution in [3.8, 4) is 5.69 Å². The summed E-state index contributed by atoms with van der Waals surface area (Å²) in [6.07, 6.45) is 1.69. The number of allylic oxidation sites excluding steroid dienone is 1. The summed E-state index contributed by atoms with van der Waals surface area (Å²) in [5.41, 5.74) is 4.52. The lowest BCUT2D eigenvalue weighted by atomic mass is 10.0. The van der Waals surface area contributed by atoms with Gasteiger partial charge in [0.15, 0.2) is 0 Å². The van der Waals surface area contributed by atoms with Crippen LogP contribution >= 0.6 is 46.4 Å². The number of carbonyl (C=O) groups excluding carboxylic acids is 2. The van der Waals surface area contributed by atoms with E-state index in [2.05, 4.69) is 0 Å². The van der Waals surface area contributed by atoms with Crippen LogP contribution in [0.5, 0.6) is 0 Å². The van der Waals surface area contributed by atoms with E-state index in [-0.39, 0.29) is 11.1 Å². The summed E-state index contributed by atoms with van der Waals surface area (Å²) >= 11 is 24.8. The Morgan fingerprint density at radius 2 is 1.34 bits per heavy atom. The third-order valence-corrected chi connectivity index (χ3v) is 6.64. The molecule has 1 amide bonds. The van der Waals surface area contributed by atoms with Crippen LogP contribution in [0.2, 0.25) is 20.1 Å². The molecule has 4 rings (SSSR count). The fourth-order valence-corrected chi connectivity index (χ4v) is 5.34. The molecule has 0 fully saturated rings. The second-order valence-corrected chi connectivity index (χ2v) is 9.81. The predicted octanol–water partition coefficient (Wildman–Crippen LogP) is 7.58. The van der Waals surface area contributed by atoms with Crippen molar-refractivity contribution in [2.45, 2.75) is 20.8 Å². The summed E-state index contributed by atoms with van der Waals surface area (Å²) in [5, 5.41) is 1.75. The van der Waals surface area contributed by atoms with Crippen LogP contribution in [-0.2, 0) is 14.3 Å². The van der Waals surface area contributed by atoms with Crippen molar-refractivity contribution in [3.63, 3.8) is 0 Å². The van der Waals surface area contributed by atoms with Gasteiger partial charge in [-0.1, -0.05) is 46.4 Å². The summed E-state index contributed by atoms with van der Waals surface area (Å²) in [4.78, 5) is 27.8. The summed E-state index contributed by atoms with van der Waals surface area (Å²) in [6, 6.07) is 12.0. The first-order valence-corrected chi connectivity index (χ1v) is 12.0. The fourth-order valence-electron chi connectivity index (χ4n) is 4.31. The third-order valence-electron chi connectivity index (χ3n) is 5.77. The normalized spacial score (nSPS) is 14.9. The van der Waals surface area contributed by atoms with E-state index >= 15 is 0 Å². The Labute approximate surface area is 223 Å². The van der Waals surface area contributed by atoms with E-state index in [0.717, 1.165) is 22.6 Å². The van der Waals surface area contributed by atoms with Crippen molar-refractivity contribution < 1.29 is 14.3 Å². The number of rotatable bonds is 4. The first kappa shape index (κ1) is 25.4. The molecule has 1 aliphatic rings. The standard InChI is InChI=1S/C26H20Cl4N2O3/c1-13-5-16(14(2)31(13)21-9-17(27)7-18(28)10-21)6-23-24(26(34)35-4)15(3)32(25(23)33)22-11-19(29)8-20(30)12-22/h5-12H,1-4H3/b23-6-. The van der Waals surface area contributed by atoms with E-state index in [1.165, 1.54) is 12.0 Å². The second kappa shape index (κ2) is 9.75. The van der Waals surface area contributed by atoms with Gasteiger partial charge in [0.1, 0.15) is 0 Å². The Morgan fingerprint density at radius 1 is 0.829 bits per heavy atom. The van der Waals surface area contributed by atoms with Crippen LogP contribution in [0.1, 0.15) is 23.9 Å². The van der Waals surface area contributed by atoms with Crippen molar-refractivity contribution in [2.75, 3.05) is 12.0 Å². The number of hydrogen-bond donors (Lipinski definition) is 0. The molecule has 9 heteroatoms. The lowest BCUT2D eigenvalue weighted by Gasteiger charge is -2.18. The molecular formula is C26H20Cl4N2O3. The minimum absolute atomic E-state index is 0.171. The lowest BCUT2D eigenvalue weighted by molar-refractivity contribution is -0.136. The molecule has 1 aromatic heterocycles. The lowest BCUT2D eigenvalue weighted by Crippen LogP contribution is -2.24. The van der Waals surface area contributed by atoms with E-state index in [1.807, 2.05) is 24.5 Å². The number of aromatic nitrogens is 1. The maximum atomic E-state index is 13.6. The van der Waals surface area contributed by atoms with E-state index in [4.69, 9.17) is 51.1 Å². The zero-order chi connectivity index (χ0) is 25.6. The van der Waals surface area contributed by atoms with Gasteiger partial charge in [-0.25, -0.2) is 4.79 Å². The number of aryl methyl sites for hydroxylation is 1. The van der Waals surface area contributed by atoms with Crippen LogP contribution in [0.25, 0.3) is 11.8 Å². The second-order valence-electron chi connectivity index (χ2n) is 8.07. The van der Waals surface area contributed by atoms with Crippen LogP contribution in [-0.4, -0.2) is 23.6 Å². The molecule has 0 atom stereocenters. The quantitative estimate of drug-likeness (QED) is 0.249. The minimum atomic E-state index is -0.617. The van der Waals surface area contributed by atoms with Crippen molar-refractivity contribution in [1.29, 1.82) is 0 Å². The van der Waals surface area contributed by atoms with Gasteiger partial charge in [0.2, 0.25) is 0 Å². The molecule has 0 aliphatic carbocycles. The average Bonchev–Trinajstić information content (AvgIpc) is 3.17. The van der Waals surface area contributed by atoms with Crippen molar-refractivity contribution in [1.82, 2.24) is 4.57 Å². The molecule has 0 spiro atoms. The van der Waals surface area contributed by atoms with Gasteiger partial charge in [-0.3, -0.25) is 9.69 Å². The molecule has 2 aromatic carbocycles. The van der Waals surface area contributed by atoms with Crippen LogP contribution in [0.4, 0.5) is 5.69 Å². The zero-order valence-electron chi connectivity index (χ0n) is 19.2. The van der Waals surface area contributed by atoms with Gasteiger partial charge >= 0.3 is 5.97 Å². The van der Waals surface area contributed by atoms with E-state index < -0.39 is 11.9 Å². The predicted molar refractivity (Wildman–Crippen MR) is 142 cm³/mol. The molecule has 0 bridgehead atoms. The van der Waals surface area contributed by atoms with Crippen molar-refractivity contribution >= 4 is 70.0 Å². The molecule has 0 saturated carbocycles. The van der Waals surface area contributed by atoms with Gasteiger partial charge < -0.3 is 9.30 Å². The molecule has 0 radical (unpaired) electrons. The topological polar surface area (TPSA) is 51.5 Å². The highest BCUT2D eigenvalue weighted by molar-refractivity contribution is 6.36. The van der Waals surface area contributed by atoms with Gasteiger partial charge in [-0.2, -0.15) is 0 Å². The summed E-state index contributed by atoms with van der Waals surface area (Å²) in [5.74, 6) is -1.01. The molecule has 0 saturated heterocycles. The van der Waals surface area contributed by atoms with Gasteiger partial charge in [0.25, 0.3) is 5.91 Å². The molecule has 2 heterocycles. The highest BCUT2D eigenvalue weighted by Gasteiger charge is 2.38. The van der Waals surface area contributed by atoms with Crippen molar-refractivity contribution in [2.24, 2.45) is 0 Å². The van der Waals surface area contributed by atoms with Crippen LogP contribution in [0, 0.1) is 13.8 Å². The van der Waals surface area contributed by atoms with Crippen molar-refractivity contribution in [3.05, 3.63) is 96.3 Å². The first-order valence-electron chi connectivity index (χ1n) is 10.5. The van der Waals surface area contributed by atoms with E-state index in [0.29, 0.717) is 31.5 Å². The Morgan fingerprint density at radius 3 is 1.86 bits per heavy atom. The van der Waals surface area contributed by atoms with E-state index in [9.17, 15) is 9.59 Å². The summed E-state index contributed by atoms with van der Waals surface area (Å²) in [7, 11) is 1.28. The van der Waals surface area contributed by atoms with Gasteiger partial charge in [-0.05, 0) is 74.9 Å². The fraction of sp³-hybridized carbons (Fsp3) is 0.154. The molecule has 180 valence electrons. The number of anilines is 1. The maximum Gasteiger partial charge on any atom is 0.340 e. The molecule has 1 aliphatic heterocycles. The van der Waals surface area contributed by atoms with Gasteiger partial charge in [-0.15, -0.1) is 0 Å². The number of nitrogens with zero attached hydrogens (tertiary/aromatic N) is 2. The summed E-state index contributed by atoms with van der Waals surface area (Å²) in [6.45, 7) is 5.52. The Hall–Kier alpha value is -2.70. The Bertz CT molecular complexity index is 1410. The monoisotopic (exact) mass is 548 g/mol. The average molecular weight is 550 g/mol. The molecule has 5 nitrogen and oxygen atoms in total. The number of carbonyl (C=O) groups is 2. The zero-order valence-corrected chi connectivity index (χ0v) is 22.3. The summed E-state index contributed by atoms with van der Waals surface area (Å²) < 4.78 is 6.98. The third kappa shape index (κ3) is 4.74. The van der Waals surface area contributed by atoms with E-state index in [1.54, 1.807) is 49.4 Å². The Balaban J connectivity index is 1.87. The number of benzene rings is 2. The number of methoxy groups -OCH3 is 1. The molecular weight excluding hydrogens is 530 g/mol. The van der Waals surface area contributed by atoms with Crippen LogP contribution in [0.15, 0.2) is 59.3 Å². The number of amides is 1. The smallest absolute Gasteiger partial charge is 0.340 e. The Kier molecular flexibility index (Phi) is 7.07. The maximum absolute atomic E-state index is 13.6. The van der Waals surface area contributed by atoms with Crippen LogP contribution in [0.3, 0.4) is 0 Å². The largest absolute Gasteiger partial charge is 0.465 e.